The van der Waals surface area contributed by atoms with Gasteiger partial charge in [-0.1, -0.05) is 0 Å². The molecule has 0 radical (unpaired) electrons. The Morgan fingerprint density at radius 3 is 2.48 bits per heavy atom. The van der Waals surface area contributed by atoms with Gasteiger partial charge in [-0.25, -0.2) is 9.59 Å². The smallest absolute Gasteiger partial charge is 0.332 e. The lowest BCUT2D eigenvalue weighted by Gasteiger charge is -2.32. The van der Waals surface area contributed by atoms with Gasteiger partial charge >= 0.3 is 11.7 Å². The van der Waals surface area contributed by atoms with Crippen molar-refractivity contribution in [3.63, 3.8) is 0 Å². The van der Waals surface area contributed by atoms with E-state index in [0.717, 1.165) is 16.8 Å². The topological polar surface area (TPSA) is 166 Å². The molecule has 1 aromatic heterocycles. The molecule has 4 atom stereocenters. The van der Waals surface area contributed by atoms with E-state index in [9.17, 15) is 29.4 Å². The molecule has 1 fully saturated rings. The number of Topliss-reactive ketones (excluding diaryl/α,β-unsaturated/α-hetero) is 1. The summed E-state index contributed by atoms with van der Waals surface area (Å²) >= 11 is 0. The maximum Gasteiger partial charge on any atom is 0.332 e. The number of carbonyl (C=O) groups excluding carboxylic acids is 2. The van der Waals surface area contributed by atoms with Crippen molar-refractivity contribution < 1.29 is 38.7 Å². The molecule has 1 aromatic rings. The molecule has 0 aliphatic carbocycles. The fourth-order valence-electron chi connectivity index (χ4n) is 2.93. The van der Waals surface area contributed by atoms with Crippen LogP contribution in [0.15, 0.2) is 21.9 Å². The zero-order valence-electron chi connectivity index (χ0n) is 16.0. The summed E-state index contributed by atoms with van der Waals surface area (Å²) in [5, 5.41) is 20.9. The summed E-state index contributed by atoms with van der Waals surface area (Å²) < 4.78 is 21.5. The van der Waals surface area contributed by atoms with Gasteiger partial charge < -0.3 is 29.2 Å². The largest absolute Gasteiger partial charge is 0.454 e. The van der Waals surface area contributed by atoms with Gasteiger partial charge in [0, 0.05) is 25.5 Å². The molecule has 1 aliphatic heterocycles. The third-order valence-electron chi connectivity index (χ3n) is 4.30. The van der Waals surface area contributed by atoms with Crippen molar-refractivity contribution in [3.05, 3.63) is 33.1 Å². The molecule has 29 heavy (non-hydrogen) atoms. The molecule has 0 saturated carbocycles. The van der Waals surface area contributed by atoms with Crippen LogP contribution in [0.3, 0.4) is 0 Å². The van der Waals surface area contributed by atoms with Crippen LogP contribution in [-0.4, -0.2) is 82.4 Å². The fraction of sp³-hybridized carbons (Fsp3) is 0.647. The first-order valence-electron chi connectivity index (χ1n) is 8.97. The Kier molecular flexibility index (Phi) is 7.81. The van der Waals surface area contributed by atoms with Crippen LogP contribution in [0.25, 0.3) is 0 Å². The molecular weight excluding hydrogens is 392 g/mol. The van der Waals surface area contributed by atoms with Crippen molar-refractivity contribution >= 4 is 11.8 Å². The van der Waals surface area contributed by atoms with Crippen LogP contribution in [0.5, 0.6) is 0 Å². The molecule has 2 rings (SSSR count). The van der Waals surface area contributed by atoms with Crippen molar-refractivity contribution in [1.29, 1.82) is 0 Å². The van der Waals surface area contributed by atoms with Gasteiger partial charge in [-0.2, -0.15) is 0 Å². The Morgan fingerprint density at radius 2 is 1.90 bits per heavy atom. The molecule has 0 bridgehead atoms. The summed E-state index contributed by atoms with van der Waals surface area (Å²) in [5.74, 6) is -1.84. The number of aromatic nitrogens is 2. The number of aliphatic hydroxyl groups excluding tert-OH is 1. The number of esters is 1. The lowest BCUT2D eigenvalue weighted by atomic mass is 9.89. The zero-order chi connectivity index (χ0) is 21.6. The average molecular weight is 416 g/mol. The highest BCUT2D eigenvalue weighted by atomic mass is 16.6. The van der Waals surface area contributed by atoms with Gasteiger partial charge in [0.2, 0.25) is 5.60 Å². The number of carbonyl (C=O) groups is 2. The molecule has 0 amide bonds. The summed E-state index contributed by atoms with van der Waals surface area (Å²) in [4.78, 5) is 50.4. The average Bonchev–Trinajstić information content (AvgIpc) is 2.97. The van der Waals surface area contributed by atoms with Gasteiger partial charge in [0.25, 0.3) is 5.56 Å². The lowest BCUT2D eigenvalue weighted by molar-refractivity contribution is -0.178. The quantitative estimate of drug-likeness (QED) is 0.353. The van der Waals surface area contributed by atoms with Crippen LogP contribution >= 0.6 is 0 Å². The van der Waals surface area contributed by atoms with Crippen LogP contribution in [0, 0.1) is 0 Å². The number of ether oxygens (including phenoxy) is 4. The van der Waals surface area contributed by atoms with Crippen molar-refractivity contribution in [1.82, 2.24) is 9.55 Å². The maximum atomic E-state index is 12.8. The normalized spacial score (nSPS) is 26.4. The number of hydrogen-bond acceptors (Lipinski definition) is 10. The number of aromatic amines is 1. The van der Waals surface area contributed by atoms with E-state index >= 15 is 0 Å². The predicted octanol–water partition coefficient (Wildman–Crippen LogP) is -2.29. The van der Waals surface area contributed by atoms with Gasteiger partial charge in [0.15, 0.2) is 18.1 Å². The Labute approximate surface area is 165 Å². The Balaban J connectivity index is 2.48. The highest BCUT2D eigenvalue weighted by molar-refractivity contribution is 5.90. The summed E-state index contributed by atoms with van der Waals surface area (Å²) in [7, 11) is 0. The molecular formula is C17H24N2O10. The fourth-order valence-corrected chi connectivity index (χ4v) is 2.93. The van der Waals surface area contributed by atoms with Crippen LogP contribution in [0.2, 0.25) is 0 Å². The summed E-state index contributed by atoms with van der Waals surface area (Å²) in [6.07, 6.45) is -3.66. The number of rotatable bonds is 10. The van der Waals surface area contributed by atoms with Gasteiger partial charge in [-0.05, 0) is 13.8 Å². The van der Waals surface area contributed by atoms with Gasteiger partial charge in [-0.15, -0.1) is 0 Å². The van der Waals surface area contributed by atoms with Crippen molar-refractivity contribution in [2.24, 2.45) is 0 Å². The molecule has 162 valence electrons. The van der Waals surface area contributed by atoms with Crippen LogP contribution in [-0.2, 0) is 28.5 Å². The molecule has 12 nitrogen and oxygen atoms in total. The van der Waals surface area contributed by atoms with E-state index in [1.165, 1.54) is 0 Å². The SMILES string of the molecule is CCOCC(=O)O[C@@H]1[C@@H](CO)O[C@@H](n2ccc(=O)[nH]c2=O)[C@@]1(O)C(=O)COCC. The van der Waals surface area contributed by atoms with E-state index in [-0.39, 0.29) is 13.2 Å². The minimum Gasteiger partial charge on any atom is -0.454 e. The van der Waals surface area contributed by atoms with E-state index in [0.29, 0.717) is 0 Å². The van der Waals surface area contributed by atoms with Crippen molar-refractivity contribution in [2.75, 3.05) is 33.0 Å². The van der Waals surface area contributed by atoms with Crippen LogP contribution in [0.4, 0.5) is 0 Å². The Bertz CT molecular complexity index is 834. The molecule has 2 heterocycles. The monoisotopic (exact) mass is 416 g/mol. The molecule has 1 saturated heterocycles. The van der Waals surface area contributed by atoms with Crippen molar-refractivity contribution in [3.8, 4) is 0 Å². The van der Waals surface area contributed by atoms with E-state index in [1.807, 2.05) is 4.98 Å². The summed E-state index contributed by atoms with van der Waals surface area (Å²) in [6, 6.07) is 0.987. The standard InChI is InChI=1S/C17H24N2O10/c1-3-26-8-11(21)17(25)14(29-13(23)9-27-4-2)10(7-20)28-15(17)19-6-5-12(22)18-16(19)24/h5-6,10,14-15,20,25H,3-4,7-9H2,1-2H3,(H,18,22,24)/t10-,14-,15-,17-/m1/s1. The van der Waals surface area contributed by atoms with Gasteiger partial charge in [-0.3, -0.25) is 19.1 Å². The first-order valence-corrected chi connectivity index (χ1v) is 8.97. The molecule has 0 spiro atoms. The minimum absolute atomic E-state index is 0.157. The number of ketones is 1. The van der Waals surface area contributed by atoms with Gasteiger partial charge in [0.05, 0.1) is 6.61 Å². The molecule has 1 aliphatic rings. The second-order valence-electron chi connectivity index (χ2n) is 6.16. The first-order chi connectivity index (χ1) is 13.8. The number of aliphatic hydroxyl groups is 2. The van der Waals surface area contributed by atoms with E-state index < -0.39 is 66.9 Å². The second kappa shape index (κ2) is 9.89. The maximum absolute atomic E-state index is 12.8. The first kappa shape index (κ1) is 22.9. The Morgan fingerprint density at radius 1 is 1.24 bits per heavy atom. The second-order valence-corrected chi connectivity index (χ2v) is 6.16. The summed E-state index contributed by atoms with van der Waals surface area (Å²) in [5.41, 5.74) is -4.25. The third kappa shape index (κ3) is 4.79. The van der Waals surface area contributed by atoms with E-state index in [4.69, 9.17) is 18.9 Å². The molecule has 0 aromatic carbocycles. The van der Waals surface area contributed by atoms with Crippen LogP contribution in [0.1, 0.15) is 20.1 Å². The zero-order valence-corrected chi connectivity index (χ0v) is 16.0. The van der Waals surface area contributed by atoms with E-state index in [2.05, 4.69) is 0 Å². The molecule has 12 heteroatoms. The predicted molar refractivity (Wildman–Crippen MR) is 95.1 cm³/mol. The number of nitrogens with zero attached hydrogens (tertiary/aromatic N) is 1. The highest BCUT2D eigenvalue weighted by Gasteiger charge is 2.63. The van der Waals surface area contributed by atoms with Gasteiger partial charge in [0.1, 0.15) is 19.3 Å². The van der Waals surface area contributed by atoms with Crippen molar-refractivity contribution in [2.45, 2.75) is 37.9 Å². The molecule has 0 unspecified atom stereocenters. The number of nitrogens with one attached hydrogen (secondary N) is 1. The molecule has 3 N–H and O–H groups in total. The highest BCUT2D eigenvalue weighted by Crippen LogP contribution is 2.40. The van der Waals surface area contributed by atoms with E-state index in [1.54, 1.807) is 13.8 Å². The third-order valence-corrected chi connectivity index (χ3v) is 4.30. The summed E-state index contributed by atoms with van der Waals surface area (Å²) in [6.45, 7) is 1.91. The minimum atomic E-state index is -2.58. The lowest BCUT2D eigenvalue weighted by Crippen LogP contribution is -2.57. The Hall–Kier alpha value is -2.38. The number of H-pyrrole nitrogens is 1. The van der Waals surface area contributed by atoms with Crippen LogP contribution < -0.4 is 11.2 Å². The number of hydrogen-bond donors (Lipinski definition) is 3.